The molecule has 0 fully saturated rings. The van der Waals surface area contributed by atoms with Gasteiger partial charge < -0.3 is 15.6 Å². The van der Waals surface area contributed by atoms with E-state index in [1.54, 1.807) is 31.5 Å². The van der Waals surface area contributed by atoms with E-state index in [9.17, 15) is 14.4 Å². The number of amides is 3. The topological polar surface area (TPSA) is 123 Å². The minimum absolute atomic E-state index is 0.243. The van der Waals surface area contributed by atoms with Crippen LogP contribution in [0.25, 0.3) is 10.9 Å². The summed E-state index contributed by atoms with van der Waals surface area (Å²) in [6.07, 6.45) is 3.57. The second-order valence-electron chi connectivity index (χ2n) is 7.35. The van der Waals surface area contributed by atoms with Crippen LogP contribution in [0.3, 0.4) is 0 Å². The van der Waals surface area contributed by atoms with Gasteiger partial charge in [-0.15, -0.1) is 0 Å². The molecule has 0 aliphatic carbocycles. The van der Waals surface area contributed by atoms with Crippen molar-refractivity contribution in [1.29, 1.82) is 0 Å². The first-order valence-corrected chi connectivity index (χ1v) is 9.73. The fourth-order valence-electron chi connectivity index (χ4n) is 3.20. The number of aromatic nitrogens is 1. The van der Waals surface area contributed by atoms with Crippen molar-refractivity contribution in [3.05, 3.63) is 77.5 Å². The number of hydroxylamine groups is 1. The average molecular weight is 420 g/mol. The molecule has 1 heterocycles. The second kappa shape index (κ2) is 9.73. The second-order valence-corrected chi connectivity index (χ2v) is 7.35. The number of H-pyrrole nitrogens is 1. The number of fused-ring (bicyclic) bond motifs is 1. The van der Waals surface area contributed by atoms with Gasteiger partial charge in [0.25, 0.3) is 5.91 Å². The van der Waals surface area contributed by atoms with Gasteiger partial charge in [0.15, 0.2) is 0 Å². The number of hydrogen-bond donors (Lipinski definition) is 5. The third kappa shape index (κ3) is 5.58. The van der Waals surface area contributed by atoms with Crippen molar-refractivity contribution in [2.75, 3.05) is 5.32 Å². The Morgan fingerprint density at radius 1 is 1.06 bits per heavy atom. The Hall–Kier alpha value is -3.91. The zero-order valence-electron chi connectivity index (χ0n) is 17.2. The molecule has 3 amide bonds. The number of allylic oxidation sites excluding steroid dienone is 1. The van der Waals surface area contributed by atoms with Crippen LogP contribution in [0.1, 0.15) is 29.8 Å². The molecule has 0 unspecified atom stereocenters. The third-order valence-electron chi connectivity index (χ3n) is 4.67. The van der Waals surface area contributed by atoms with Crippen molar-refractivity contribution < 1.29 is 19.6 Å². The van der Waals surface area contributed by atoms with Crippen molar-refractivity contribution in [2.24, 2.45) is 0 Å². The number of aromatic amines is 1. The highest BCUT2D eigenvalue weighted by Gasteiger charge is 2.22. The minimum Gasteiger partial charge on any atom is -0.361 e. The molecule has 31 heavy (non-hydrogen) atoms. The molecule has 3 aromatic rings. The maximum Gasteiger partial charge on any atom is 0.274 e. The molecule has 3 rings (SSSR count). The largest absolute Gasteiger partial charge is 0.361 e. The van der Waals surface area contributed by atoms with E-state index in [1.165, 1.54) is 18.2 Å². The van der Waals surface area contributed by atoms with E-state index < -0.39 is 11.9 Å². The summed E-state index contributed by atoms with van der Waals surface area (Å²) in [5, 5.41) is 15.2. The lowest BCUT2D eigenvalue weighted by Crippen LogP contribution is -2.44. The minimum atomic E-state index is -0.817. The Kier molecular flexibility index (Phi) is 6.84. The molecule has 0 saturated carbocycles. The highest BCUT2D eigenvalue weighted by atomic mass is 16.5. The molecule has 8 heteroatoms. The normalized spacial score (nSPS) is 11.5. The van der Waals surface area contributed by atoms with Crippen molar-refractivity contribution in [1.82, 2.24) is 15.8 Å². The number of carbonyl (C=O) groups is 3. The molecule has 0 radical (unpaired) electrons. The van der Waals surface area contributed by atoms with Gasteiger partial charge in [0.1, 0.15) is 6.04 Å². The van der Waals surface area contributed by atoms with Gasteiger partial charge >= 0.3 is 0 Å². The predicted molar refractivity (Wildman–Crippen MR) is 118 cm³/mol. The molecule has 1 aromatic heterocycles. The molecule has 1 atom stereocenters. The first kappa shape index (κ1) is 21.8. The molecular formula is C23H24N4O4. The fourth-order valence-corrected chi connectivity index (χ4v) is 3.20. The van der Waals surface area contributed by atoms with Gasteiger partial charge in [0, 0.05) is 40.8 Å². The van der Waals surface area contributed by atoms with Crippen molar-refractivity contribution >= 4 is 34.3 Å². The SMILES string of the molecule is CC(C)=CC(=O)N[C@@H](Cc1c[nH]c2ccccc12)C(=O)Nc1ccc(C(=O)NO)cc1. The third-order valence-corrected chi connectivity index (χ3v) is 4.67. The first-order valence-electron chi connectivity index (χ1n) is 9.73. The lowest BCUT2D eigenvalue weighted by Gasteiger charge is -2.18. The van der Waals surface area contributed by atoms with Crippen LogP contribution in [0.5, 0.6) is 0 Å². The van der Waals surface area contributed by atoms with Crippen LogP contribution in [0.15, 0.2) is 66.4 Å². The summed E-state index contributed by atoms with van der Waals surface area (Å²) in [7, 11) is 0. The lowest BCUT2D eigenvalue weighted by molar-refractivity contribution is -0.123. The summed E-state index contributed by atoms with van der Waals surface area (Å²) in [5.41, 5.74) is 4.93. The highest BCUT2D eigenvalue weighted by molar-refractivity contribution is 6.00. The summed E-state index contributed by atoms with van der Waals surface area (Å²) in [6.45, 7) is 3.61. The predicted octanol–water partition coefficient (Wildman–Crippen LogP) is 2.92. The first-order chi connectivity index (χ1) is 14.9. The molecule has 0 saturated heterocycles. The number of hydrogen-bond acceptors (Lipinski definition) is 4. The molecule has 0 aliphatic rings. The van der Waals surface area contributed by atoms with E-state index in [-0.39, 0.29) is 17.4 Å². The zero-order chi connectivity index (χ0) is 22.4. The molecule has 160 valence electrons. The Morgan fingerprint density at radius 2 is 1.77 bits per heavy atom. The van der Waals surface area contributed by atoms with E-state index >= 15 is 0 Å². The van der Waals surface area contributed by atoms with Crippen LogP contribution in [-0.4, -0.2) is 34.0 Å². The molecule has 0 aliphatic heterocycles. The standard InChI is InChI=1S/C23H24N4O4/c1-14(2)11-21(28)26-20(12-16-13-24-19-6-4-3-5-18(16)19)23(30)25-17-9-7-15(8-10-17)22(29)27-31/h3-11,13,20,24,31H,12H2,1-2H3,(H,25,30)(H,26,28)(H,27,29)/t20-/m0/s1. The van der Waals surface area contributed by atoms with Gasteiger partial charge in [-0.25, -0.2) is 5.48 Å². The van der Waals surface area contributed by atoms with E-state index in [0.29, 0.717) is 12.1 Å². The molecule has 8 nitrogen and oxygen atoms in total. The van der Waals surface area contributed by atoms with Crippen LogP contribution < -0.4 is 16.1 Å². The summed E-state index contributed by atoms with van der Waals surface area (Å²) < 4.78 is 0. The van der Waals surface area contributed by atoms with E-state index in [1.807, 2.05) is 30.5 Å². The van der Waals surface area contributed by atoms with Crippen molar-refractivity contribution in [3.8, 4) is 0 Å². The van der Waals surface area contributed by atoms with E-state index in [0.717, 1.165) is 22.0 Å². The quantitative estimate of drug-likeness (QED) is 0.229. The molecule has 0 spiro atoms. The molecular weight excluding hydrogens is 396 g/mol. The van der Waals surface area contributed by atoms with Crippen LogP contribution in [0, 0.1) is 0 Å². The lowest BCUT2D eigenvalue weighted by atomic mass is 10.0. The zero-order valence-corrected chi connectivity index (χ0v) is 17.2. The fraction of sp³-hybridized carbons (Fsp3) is 0.174. The van der Waals surface area contributed by atoms with Crippen LogP contribution in [0.2, 0.25) is 0 Å². The Labute approximate surface area is 179 Å². The van der Waals surface area contributed by atoms with Gasteiger partial charge in [-0.3, -0.25) is 19.6 Å². The van der Waals surface area contributed by atoms with Crippen LogP contribution in [0.4, 0.5) is 5.69 Å². The Bertz CT molecular complexity index is 1130. The summed E-state index contributed by atoms with van der Waals surface area (Å²) in [5.74, 6) is -1.39. The maximum absolute atomic E-state index is 13.0. The van der Waals surface area contributed by atoms with Gasteiger partial charge in [0.05, 0.1) is 0 Å². The Balaban J connectivity index is 1.81. The summed E-state index contributed by atoms with van der Waals surface area (Å²) in [4.78, 5) is 39.9. The smallest absolute Gasteiger partial charge is 0.274 e. The van der Waals surface area contributed by atoms with Crippen LogP contribution >= 0.6 is 0 Å². The number of benzene rings is 2. The Morgan fingerprint density at radius 3 is 2.45 bits per heavy atom. The average Bonchev–Trinajstić information content (AvgIpc) is 3.15. The van der Waals surface area contributed by atoms with Crippen LogP contribution in [-0.2, 0) is 16.0 Å². The van der Waals surface area contributed by atoms with Crippen molar-refractivity contribution in [2.45, 2.75) is 26.3 Å². The number of anilines is 1. The van der Waals surface area contributed by atoms with E-state index in [4.69, 9.17) is 5.21 Å². The summed E-state index contributed by atoms with van der Waals surface area (Å²) in [6, 6.07) is 13.0. The van der Waals surface area contributed by atoms with Gasteiger partial charge in [-0.05, 0) is 49.7 Å². The van der Waals surface area contributed by atoms with Crippen molar-refractivity contribution in [3.63, 3.8) is 0 Å². The highest BCUT2D eigenvalue weighted by Crippen LogP contribution is 2.20. The number of para-hydroxylation sites is 1. The number of rotatable bonds is 7. The number of carbonyl (C=O) groups excluding carboxylic acids is 3. The maximum atomic E-state index is 13.0. The molecule has 0 bridgehead atoms. The number of nitrogens with one attached hydrogen (secondary N) is 4. The molecule has 5 N–H and O–H groups in total. The molecule has 2 aromatic carbocycles. The monoisotopic (exact) mass is 420 g/mol. The van der Waals surface area contributed by atoms with E-state index in [2.05, 4.69) is 15.6 Å². The van der Waals surface area contributed by atoms with Gasteiger partial charge in [-0.1, -0.05) is 23.8 Å². The summed E-state index contributed by atoms with van der Waals surface area (Å²) >= 11 is 0. The van der Waals surface area contributed by atoms with Gasteiger partial charge in [-0.2, -0.15) is 0 Å². The van der Waals surface area contributed by atoms with Gasteiger partial charge in [0.2, 0.25) is 11.8 Å².